The molecule has 2 amide bonds. The second kappa shape index (κ2) is 17.9. The average Bonchev–Trinajstić information content (AvgIpc) is 3.71. The number of alkyl carbamates (subject to hydrolysis) is 1. The Hall–Kier alpha value is -5.63. The van der Waals surface area contributed by atoms with Gasteiger partial charge >= 0.3 is 6.09 Å². The van der Waals surface area contributed by atoms with E-state index < -0.39 is 18.2 Å². The monoisotopic (exact) mass is 763 g/mol. The number of piperidine rings is 3. The molecule has 5 N–H and O–H groups in total. The van der Waals surface area contributed by atoms with Crippen LogP contribution in [0.1, 0.15) is 71.3 Å². The maximum Gasteiger partial charge on any atom is 0.408 e. The van der Waals surface area contributed by atoms with E-state index in [0.29, 0.717) is 54.4 Å². The van der Waals surface area contributed by atoms with Crippen molar-refractivity contribution >= 4 is 22.9 Å². The normalized spacial score (nSPS) is 18.6. The van der Waals surface area contributed by atoms with Crippen molar-refractivity contribution in [3.05, 3.63) is 130 Å². The van der Waals surface area contributed by atoms with Crippen LogP contribution in [0.2, 0.25) is 0 Å². The van der Waals surface area contributed by atoms with Crippen molar-refractivity contribution in [2.75, 3.05) is 45.8 Å². The minimum atomic E-state index is -0.871. The van der Waals surface area contributed by atoms with Gasteiger partial charge in [0.2, 0.25) is 5.56 Å². The van der Waals surface area contributed by atoms with E-state index in [1.165, 1.54) is 12.1 Å². The highest BCUT2D eigenvalue weighted by atomic mass is 16.6. The smallest absolute Gasteiger partial charge is 0.408 e. The molecular weight excluding hydrogens is 714 g/mol. The molecule has 3 unspecified atom stereocenters. The Morgan fingerprint density at radius 1 is 1.00 bits per heavy atom. The van der Waals surface area contributed by atoms with E-state index in [9.17, 15) is 24.6 Å². The number of aromatic nitrogens is 1. The van der Waals surface area contributed by atoms with Gasteiger partial charge in [0.05, 0.1) is 17.7 Å². The maximum absolute atomic E-state index is 13.3. The van der Waals surface area contributed by atoms with Gasteiger partial charge in [0.1, 0.15) is 30.0 Å². The van der Waals surface area contributed by atoms with Crippen LogP contribution in [0.15, 0.2) is 100 Å². The molecular formula is C43H49N5O8. The van der Waals surface area contributed by atoms with E-state index in [1.54, 1.807) is 29.2 Å². The molecule has 5 aromatic rings. The quantitative estimate of drug-likeness (QED) is 0.0811. The number of aromatic hydroxyl groups is 1. The van der Waals surface area contributed by atoms with Crippen LogP contribution < -0.4 is 20.9 Å². The van der Waals surface area contributed by atoms with Crippen molar-refractivity contribution in [1.82, 2.24) is 25.4 Å². The fraction of sp³-hybridized carbons (Fsp3) is 0.372. The number of aromatic amines is 1. The van der Waals surface area contributed by atoms with Gasteiger partial charge in [-0.15, -0.1) is 0 Å². The fourth-order valence-electron chi connectivity index (χ4n) is 7.70. The molecule has 56 heavy (non-hydrogen) atoms. The molecule has 0 saturated carbocycles. The molecule has 13 heteroatoms. The number of pyridine rings is 1. The predicted molar refractivity (Wildman–Crippen MR) is 211 cm³/mol. The number of nitrogens with zero attached hydrogens (tertiary/aromatic N) is 2. The lowest BCUT2D eigenvalue weighted by atomic mass is 9.86. The molecule has 8 rings (SSSR count). The van der Waals surface area contributed by atoms with Crippen LogP contribution in [-0.2, 0) is 11.3 Å². The van der Waals surface area contributed by atoms with Gasteiger partial charge in [0.15, 0.2) is 5.76 Å². The Bertz CT molecular complexity index is 2160. The Balaban J connectivity index is 0.901. The number of H-pyrrole nitrogens is 1. The number of aliphatic hydroxyl groups is 1. The van der Waals surface area contributed by atoms with Gasteiger partial charge in [-0.3, -0.25) is 14.5 Å². The number of fused-ring (bicyclic) bond motifs is 4. The zero-order valence-corrected chi connectivity index (χ0v) is 31.5. The van der Waals surface area contributed by atoms with E-state index in [-0.39, 0.29) is 47.7 Å². The van der Waals surface area contributed by atoms with E-state index in [2.05, 4.69) is 20.5 Å². The van der Waals surface area contributed by atoms with Crippen LogP contribution >= 0.6 is 0 Å². The molecule has 3 atom stereocenters. The predicted octanol–water partition coefficient (Wildman–Crippen LogP) is 5.49. The summed E-state index contributed by atoms with van der Waals surface area (Å²) in [5, 5.41) is 27.9. The van der Waals surface area contributed by atoms with E-state index in [4.69, 9.17) is 13.9 Å². The van der Waals surface area contributed by atoms with Crippen LogP contribution in [0.25, 0.3) is 10.9 Å². The molecule has 2 aromatic heterocycles. The number of amides is 2. The van der Waals surface area contributed by atoms with Gasteiger partial charge in [-0.1, -0.05) is 48.5 Å². The topological polar surface area (TPSA) is 170 Å². The van der Waals surface area contributed by atoms with Crippen molar-refractivity contribution in [2.45, 2.75) is 51.0 Å². The number of carbonyl (C=O) groups is 2. The molecule has 3 aliphatic rings. The summed E-state index contributed by atoms with van der Waals surface area (Å²) in [6.07, 6.45) is 1.34. The zero-order valence-electron chi connectivity index (χ0n) is 31.5. The lowest BCUT2D eigenvalue weighted by molar-refractivity contribution is -0.0336. The molecule has 5 heterocycles. The van der Waals surface area contributed by atoms with Crippen molar-refractivity contribution in [1.29, 1.82) is 0 Å². The average molecular weight is 764 g/mol. The third kappa shape index (κ3) is 9.24. The Kier molecular flexibility index (Phi) is 12.3. The minimum absolute atomic E-state index is 0.0617. The number of hydrogen-bond donors (Lipinski definition) is 5. The van der Waals surface area contributed by atoms with Gasteiger partial charge in [-0.2, -0.15) is 0 Å². The first-order valence-corrected chi connectivity index (χ1v) is 19.3. The second-order valence-corrected chi connectivity index (χ2v) is 14.4. The molecule has 2 bridgehead atoms. The number of hydrogen-bond acceptors (Lipinski definition) is 10. The van der Waals surface area contributed by atoms with Crippen molar-refractivity contribution in [3.8, 4) is 11.5 Å². The van der Waals surface area contributed by atoms with Gasteiger partial charge in [0.25, 0.3) is 5.91 Å². The molecule has 0 radical (unpaired) electrons. The summed E-state index contributed by atoms with van der Waals surface area (Å²) in [6, 6.07) is 26.3. The molecule has 3 aliphatic heterocycles. The van der Waals surface area contributed by atoms with Gasteiger partial charge in [-0.05, 0) is 105 Å². The van der Waals surface area contributed by atoms with Gasteiger partial charge in [0, 0.05) is 37.6 Å². The molecule has 3 saturated heterocycles. The number of aliphatic hydroxyl groups excluding tert-OH is 1. The summed E-state index contributed by atoms with van der Waals surface area (Å²) >= 11 is 0. The van der Waals surface area contributed by atoms with Crippen LogP contribution in [0.3, 0.4) is 0 Å². The van der Waals surface area contributed by atoms with E-state index in [0.717, 1.165) is 43.6 Å². The Morgan fingerprint density at radius 3 is 2.57 bits per heavy atom. The third-order valence-corrected chi connectivity index (χ3v) is 10.7. The van der Waals surface area contributed by atoms with E-state index in [1.807, 2.05) is 61.5 Å². The SMILES string of the molecule is CCN(CCCNCC(O)c1ccc(O)c2[nH]c(=O)ccc12)C(=O)c1ccc(COc2cccc(C(NC(=O)OC3CN4CCC3CC4)c3ccccc3)c2)o1. The van der Waals surface area contributed by atoms with E-state index >= 15 is 0 Å². The summed E-state index contributed by atoms with van der Waals surface area (Å²) in [6.45, 7) is 6.70. The Morgan fingerprint density at radius 2 is 1.80 bits per heavy atom. The lowest BCUT2D eigenvalue weighted by Crippen LogP contribution is -2.52. The third-order valence-electron chi connectivity index (χ3n) is 10.7. The summed E-state index contributed by atoms with van der Waals surface area (Å²) in [7, 11) is 0. The summed E-state index contributed by atoms with van der Waals surface area (Å²) < 4.78 is 18.0. The summed E-state index contributed by atoms with van der Waals surface area (Å²) in [5.74, 6) is 1.41. The largest absolute Gasteiger partial charge is 0.506 e. The molecule has 0 spiro atoms. The highest BCUT2D eigenvalue weighted by molar-refractivity contribution is 5.91. The van der Waals surface area contributed by atoms with Crippen LogP contribution in [0, 0.1) is 5.92 Å². The zero-order chi connectivity index (χ0) is 39.0. The molecule has 3 aromatic carbocycles. The number of ether oxygens (including phenoxy) is 2. The first-order chi connectivity index (χ1) is 27.2. The number of benzene rings is 3. The highest BCUT2D eigenvalue weighted by Crippen LogP contribution is 2.31. The minimum Gasteiger partial charge on any atom is -0.506 e. The van der Waals surface area contributed by atoms with Crippen LogP contribution in [0.5, 0.6) is 11.5 Å². The first kappa shape index (κ1) is 38.6. The van der Waals surface area contributed by atoms with Gasteiger partial charge in [-0.25, -0.2) is 4.79 Å². The number of carbonyl (C=O) groups excluding carboxylic acids is 2. The molecule has 3 fully saturated rings. The Labute approximate surface area is 325 Å². The number of nitrogens with one attached hydrogen (secondary N) is 3. The van der Waals surface area contributed by atoms with Crippen molar-refractivity contribution in [3.63, 3.8) is 0 Å². The molecule has 294 valence electrons. The number of phenols is 1. The second-order valence-electron chi connectivity index (χ2n) is 14.4. The van der Waals surface area contributed by atoms with Crippen LogP contribution in [0.4, 0.5) is 4.79 Å². The van der Waals surface area contributed by atoms with Gasteiger partial charge < -0.3 is 44.6 Å². The standard InChI is InChI=1S/C43H49N5O8/c1-2-48(21-7-20-44-25-36(50)33-13-15-35(49)41-34(33)14-17-39(51)45-41)42(52)37-16-12-32(55-37)27-54-31-11-6-10-30(24-31)40(29-8-4-3-5-9-29)46-43(53)56-38-26-47-22-18-28(38)19-23-47/h3-6,8-17,24,28,36,38,40,44,49-50H,2,7,18-23,25-27H2,1H3,(H,45,51)(H,46,53). The number of furan rings is 1. The molecule has 0 aliphatic carbocycles. The fourth-order valence-corrected chi connectivity index (χ4v) is 7.70. The van der Waals surface area contributed by atoms with Crippen molar-refractivity contribution in [2.24, 2.45) is 5.92 Å². The van der Waals surface area contributed by atoms with Crippen LogP contribution in [-0.4, -0.2) is 88.9 Å². The summed E-state index contributed by atoms with van der Waals surface area (Å²) in [4.78, 5) is 45.0. The number of rotatable bonds is 16. The maximum atomic E-state index is 13.3. The summed E-state index contributed by atoms with van der Waals surface area (Å²) in [5.41, 5.74) is 2.29. The lowest BCUT2D eigenvalue weighted by Gasteiger charge is -2.43. The number of phenolic OH excluding ortho intramolecular Hbond substituents is 1. The first-order valence-electron chi connectivity index (χ1n) is 19.3. The molecule has 13 nitrogen and oxygen atoms in total. The van der Waals surface area contributed by atoms with Crippen molar-refractivity contribution < 1.29 is 33.7 Å². The highest BCUT2D eigenvalue weighted by Gasteiger charge is 2.37.